The number of carbonyl (C=O) groups excluding carboxylic acids is 3. The molecule has 156 valence electrons. The fourth-order valence-corrected chi connectivity index (χ4v) is 3.71. The molecule has 2 heterocycles. The molecule has 0 unspecified atom stereocenters. The Hall–Kier alpha value is -3.36. The molecule has 0 atom stereocenters. The van der Waals surface area contributed by atoms with Crippen molar-refractivity contribution >= 4 is 17.8 Å². The summed E-state index contributed by atoms with van der Waals surface area (Å²) < 4.78 is 38.0. The van der Waals surface area contributed by atoms with Crippen LogP contribution in [0.3, 0.4) is 0 Å². The van der Waals surface area contributed by atoms with Crippen molar-refractivity contribution in [3.63, 3.8) is 0 Å². The molecule has 0 aliphatic carbocycles. The topological polar surface area (TPSA) is 60.9 Å². The normalized spacial score (nSPS) is 16.7. The molecule has 1 fully saturated rings. The lowest BCUT2D eigenvalue weighted by Crippen LogP contribution is -2.34. The fraction of sp³-hybridized carbons (Fsp3) is 0.286. The summed E-state index contributed by atoms with van der Waals surface area (Å²) in [5.41, 5.74) is 3.33. The molecule has 2 aliphatic rings. The van der Waals surface area contributed by atoms with Crippen LogP contribution in [0.2, 0.25) is 0 Å². The monoisotopic (exact) mass is 417 g/mol. The standard InChI is InChI=1S/C21H18F3N3O3/c1-25-18(28)11-26(20(25)30)9-13-2-4-14(5-3-13)15-6-7-17-16(8-15)10-27(19(17)29)12-21(22,23)24/h2-8H,9-12H2,1H3. The van der Waals surface area contributed by atoms with Crippen molar-refractivity contribution in [2.45, 2.75) is 19.3 Å². The van der Waals surface area contributed by atoms with Gasteiger partial charge < -0.3 is 9.80 Å². The molecule has 0 N–H and O–H groups in total. The van der Waals surface area contributed by atoms with Crippen LogP contribution in [0.15, 0.2) is 42.5 Å². The Bertz CT molecular complexity index is 1030. The largest absolute Gasteiger partial charge is 0.406 e. The second-order valence-corrected chi connectivity index (χ2v) is 7.44. The van der Waals surface area contributed by atoms with Crippen LogP contribution >= 0.6 is 0 Å². The van der Waals surface area contributed by atoms with Gasteiger partial charge in [0, 0.05) is 25.7 Å². The van der Waals surface area contributed by atoms with Crippen LogP contribution in [0.5, 0.6) is 0 Å². The number of halogens is 3. The zero-order valence-electron chi connectivity index (χ0n) is 16.1. The maximum absolute atomic E-state index is 12.7. The number of likely N-dealkylation sites (N-methyl/N-ethyl adjacent to an activating group) is 1. The van der Waals surface area contributed by atoms with Crippen LogP contribution in [0.1, 0.15) is 21.5 Å². The van der Waals surface area contributed by atoms with Gasteiger partial charge in [-0.25, -0.2) is 4.79 Å². The number of nitrogens with zero attached hydrogens (tertiary/aromatic N) is 3. The van der Waals surface area contributed by atoms with E-state index in [1.165, 1.54) is 11.9 Å². The van der Waals surface area contributed by atoms with Crippen LogP contribution in [-0.4, -0.2) is 58.9 Å². The van der Waals surface area contributed by atoms with Crippen molar-refractivity contribution in [2.75, 3.05) is 20.1 Å². The molecule has 4 rings (SSSR count). The first-order valence-electron chi connectivity index (χ1n) is 9.26. The minimum atomic E-state index is -4.44. The SMILES string of the molecule is CN1C(=O)CN(Cc2ccc(-c3ccc4c(c3)CN(CC(F)(F)F)C4=O)cc2)C1=O. The highest BCUT2D eigenvalue weighted by molar-refractivity contribution is 6.01. The van der Waals surface area contributed by atoms with Gasteiger partial charge in [0.1, 0.15) is 13.1 Å². The predicted octanol–water partition coefficient (Wildman–Crippen LogP) is 3.27. The summed E-state index contributed by atoms with van der Waals surface area (Å²) in [6.07, 6.45) is -4.44. The van der Waals surface area contributed by atoms with Crippen LogP contribution in [0.25, 0.3) is 11.1 Å². The summed E-state index contributed by atoms with van der Waals surface area (Å²) in [5.74, 6) is -0.858. The summed E-state index contributed by atoms with van der Waals surface area (Å²) in [7, 11) is 1.45. The number of rotatable bonds is 4. The molecule has 9 heteroatoms. The van der Waals surface area contributed by atoms with Crippen molar-refractivity contribution in [1.29, 1.82) is 0 Å². The summed E-state index contributed by atoms with van der Waals surface area (Å²) >= 11 is 0. The molecule has 0 spiro atoms. The molecular formula is C21H18F3N3O3. The van der Waals surface area contributed by atoms with E-state index in [0.29, 0.717) is 17.7 Å². The quantitative estimate of drug-likeness (QED) is 0.718. The molecule has 2 aliphatic heterocycles. The van der Waals surface area contributed by atoms with Crippen LogP contribution in [-0.2, 0) is 17.9 Å². The van der Waals surface area contributed by atoms with Crippen LogP contribution < -0.4 is 0 Å². The van der Waals surface area contributed by atoms with E-state index >= 15 is 0 Å². The lowest BCUT2D eigenvalue weighted by atomic mass is 9.99. The van der Waals surface area contributed by atoms with Gasteiger partial charge in [0.25, 0.3) is 5.91 Å². The molecule has 2 aromatic rings. The van der Waals surface area contributed by atoms with E-state index in [2.05, 4.69) is 0 Å². The lowest BCUT2D eigenvalue weighted by Gasteiger charge is -2.17. The average Bonchev–Trinajstić information content (AvgIpc) is 3.11. The van der Waals surface area contributed by atoms with Gasteiger partial charge in [-0.1, -0.05) is 30.3 Å². The smallest absolute Gasteiger partial charge is 0.325 e. The van der Waals surface area contributed by atoms with Gasteiger partial charge in [0.15, 0.2) is 0 Å². The molecule has 2 aromatic carbocycles. The molecule has 0 saturated carbocycles. The number of hydrogen-bond donors (Lipinski definition) is 0. The minimum Gasteiger partial charge on any atom is -0.325 e. The average molecular weight is 417 g/mol. The summed E-state index contributed by atoms with van der Waals surface area (Å²) in [6.45, 7) is -0.986. The third-order valence-corrected chi connectivity index (χ3v) is 5.27. The van der Waals surface area contributed by atoms with Crippen molar-refractivity contribution in [1.82, 2.24) is 14.7 Å². The zero-order chi connectivity index (χ0) is 21.6. The number of imide groups is 1. The number of amides is 4. The van der Waals surface area contributed by atoms with Crippen molar-refractivity contribution in [3.05, 3.63) is 59.2 Å². The van der Waals surface area contributed by atoms with E-state index in [4.69, 9.17) is 0 Å². The number of carbonyl (C=O) groups is 3. The lowest BCUT2D eigenvalue weighted by molar-refractivity contribution is -0.141. The first kappa shape index (κ1) is 19.9. The first-order valence-corrected chi connectivity index (χ1v) is 9.26. The van der Waals surface area contributed by atoms with E-state index < -0.39 is 18.6 Å². The van der Waals surface area contributed by atoms with Crippen LogP contribution in [0, 0.1) is 0 Å². The number of fused-ring (bicyclic) bond motifs is 1. The molecule has 1 saturated heterocycles. The van der Waals surface area contributed by atoms with Gasteiger partial charge in [-0.3, -0.25) is 14.5 Å². The molecule has 0 radical (unpaired) electrons. The molecule has 30 heavy (non-hydrogen) atoms. The molecular weight excluding hydrogens is 399 g/mol. The Labute approximate surface area is 170 Å². The van der Waals surface area contributed by atoms with Crippen molar-refractivity contribution in [2.24, 2.45) is 0 Å². The highest BCUT2D eigenvalue weighted by Crippen LogP contribution is 2.31. The molecule has 0 aromatic heterocycles. The van der Waals surface area contributed by atoms with E-state index in [1.807, 2.05) is 24.3 Å². The number of benzene rings is 2. The van der Waals surface area contributed by atoms with E-state index in [-0.39, 0.29) is 25.0 Å². The Morgan fingerprint density at radius 3 is 2.17 bits per heavy atom. The number of hydrogen-bond acceptors (Lipinski definition) is 3. The van der Waals surface area contributed by atoms with Crippen LogP contribution in [0.4, 0.5) is 18.0 Å². The Morgan fingerprint density at radius 1 is 0.900 bits per heavy atom. The van der Waals surface area contributed by atoms with Gasteiger partial charge in [-0.15, -0.1) is 0 Å². The first-order chi connectivity index (χ1) is 14.1. The molecule has 4 amide bonds. The second-order valence-electron chi connectivity index (χ2n) is 7.44. The number of urea groups is 1. The minimum absolute atomic E-state index is 0.0460. The van der Waals surface area contributed by atoms with Crippen molar-refractivity contribution in [3.8, 4) is 11.1 Å². The summed E-state index contributed by atoms with van der Waals surface area (Å²) in [4.78, 5) is 39.1. The maximum Gasteiger partial charge on any atom is 0.406 e. The highest BCUT2D eigenvalue weighted by atomic mass is 19.4. The zero-order valence-corrected chi connectivity index (χ0v) is 16.1. The third-order valence-electron chi connectivity index (χ3n) is 5.27. The van der Waals surface area contributed by atoms with E-state index in [0.717, 1.165) is 26.5 Å². The Morgan fingerprint density at radius 2 is 1.57 bits per heavy atom. The summed E-state index contributed by atoms with van der Waals surface area (Å²) in [5, 5.41) is 0. The van der Waals surface area contributed by atoms with Gasteiger partial charge in [0.2, 0.25) is 5.91 Å². The van der Waals surface area contributed by atoms with Gasteiger partial charge in [-0.2, -0.15) is 13.2 Å². The fourth-order valence-electron chi connectivity index (χ4n) is 3.71. The van der Waals surface area contributed by atoms with E-state index in [9.17, 15) is 27.6 Å². The number of alkyl halides is 3. The predicted molar refractivity (Wildman–Crippen MR) is 101 cm³/mol. The summed E-state index contributed by atoms with van der Waals surface area (Å²) in [6, 6.07) is 12.0. The van der Waals surface area contributed by atoms with Gasteiger partial charge >= 0.3 is 12.2 Å². The Balaban J connectivity index is 1.49. The Kier molecular flexibility index (Phi) is 4.76. The molecule has 6 nitrogen and oxygen atoms in total. The van der Waals surface area contributed by atoms with E-state index in [1.54, 1.807) is 18.2 Å². The second kappa shape index (κ2) is 7.16. The van der Waals surface area contributed by atoms with Crippen molar-refractivity contribution < 1.29 is 27.6 Å². The maximum atomic E-state index is 12.7. The van der Waals surface area contributed by atoms with Gasteiger partial charge in [-0.05, 0) is 34.4 Å². The third kappa shape index (κ3) is 3.74. The highest BCUT2D eigenvalue weighted by Gasteiger charge is 2.37. The van der Waals surface area contributed by atoms with Gasteiger partial charge in [0.05, 0.1) is 0 Å². The molecule has 0 bridgehead atoms.